The molecule has 192 valence electrons. The summed E-state index contributed by atoms with van der Waals surface area (Å²) < 4.78 is 7.41. The van der Waals surface area contributed by atoms with Gasteiger partial charge in [-0.2, -0.15) is 4.57 Å². The maximum atomic E-state index is 11.4. The summed E-state index contributed by atoms with van der Waals surface area (Å²) in [6.45, 7) is 2.27. The smallest absolute Gasteiger partial charge is 0.347 e. The minimum absolute atomic E-state index is 0.297. The first-order valence-corrected chi connectivity index (χ1v) is 12.7. The van der Waals surface area contributed by atoms with Crippen LogP contribution in [0.1, 0.15) is 76.2 Å². The van der Waals surface area contributed by atoms with Gasteiger partial charge in [0.2, 0.25) is 0 Å². The second-order valence-corrected chi connectivity index (χ2v) is 8.85. The van der Waals surface area contributed by atoms with Crippen LogP contribution >= 0.6 is 0 Å². The van der Waals surface area contributed by atoms with E-state index in [4.69, 9.17) is 10.5 Å². The average molecular weight is 488 g/mol. The molecule has 1 heterocycles. The van der Waals surface area contributed by atoms with Crippen LogP contribution in [0, 0.1) is 20.2 Å². The van der Waals surface area contributed by atoms with Crippen molar-refractivity contribution in [2.45, 2.75) is 77.0 Å². The van der Waals surface area contributed by atoms with Gasteiger partial charge in [0, 0.05) is 37.0 Å². The van der Waals surface area contributed by atoms with Gasteiger partial charge in [0.25, 0.3) is 11.4 Å². The summed E-state index contributed by atoms with van der Waals surface area (Å²) in [6.07, 6.45) is 17.8. The van der Waals surface area contributed by atoms with Gasteiger partial charge >= 0.3 is 5.69 Å². The maximum Gasteiger partial charge on any atom is 0.347 e. The third kappa shape index (κ3) is 10.9. The van der Waals surface area contributed by atoms with Crippen molar-refractivity contribution in [3.05, 3.63) is 68.5 Å². The fraction of sp³-hybridized carbons (Fsp3) is 0.577. The number of hydrogen-bond donors (Lipinski definition) is 1. The fourth-order valence-corrected chi connectivity index (χ4v) is 4.05. The van der Waals surface area contributed by atoms with Crippen molar-refractivity contribution in [1.82, 2.24) is 0 Å². The second kappa shape index (κ2) is 16.7. The predicted molar refractivity (Wildman–Crippen MR) is 136 cm³/mol. The van der Waals surface area contributed by atoms with Crippen molar-refractivity contribution in [2.24, 2.45) is 5.73 Å². The first kappa shape index (κ1) is 28.3. The lowest BCUT2D eigenvalue weighted by Gasteiger charge is -2.05. The van der Waals surface area contributed by atoms with Crippen molar-refractivity contribution in [1.29, 1.82) is 0 Å². The molecule has 35 heavy (non-hydrogen) atoms. The molecule has 2 N–H and O–H groups in total. The monoisotopic (exact) mass is 487 g/mol. The summed E-state index contributed by atoms with van der Waals surface area (Å²) in [7, 11) is 0. The zero-order valence-electron chi connectivity index (χ0n) is 20.6. The lowest BCUT2D eigenvalue weighted by molar-refractivity contribution is -0.601. The van der Waals surface area contributed by atoms with Crippen LogP contribution in [0.3, 0.4) is 0 Å². The molecule has 0 unspecified atom stereocenters. The number of nitrogens with two attached hydrogens (primary N) is 1. The van der Waals surface area contributed by atoms with E-state index in [9.17, 15) is 20.2 Å². The topological polar surface area (TPSA) is 125 Å². The Labute approximate surface area is 207 Å². The summed E-state index contributed by atoms with van der Waals surface area (Å²) in [5.74, 6) is 0. The molecule has 1 aromatic carbocycles. The Bertz CT molecular complexity index is 922. The number of ether oxygens (including phenoxy) is 1. The van der Waals surface area contributed by atoms with Crippen molar-refractivity contribution in [3.8, 4) is 5.69 Å². The molecule has 0 spiro atoms. The van der Waals surface area contributed by atoms with Crippen LogP contribution in [0.25, 0.3) is 5.69 Å². The van der Waals surface area contributed by atoms with Crippen LogP contribution in [0.2, 0.25) is 0 Å². The number of nitrogens with zero attached hydrogens (tertiary/aromatic N) is 3. The molecule has 0 bridgehead atoms. The van der Waals surface area contributed by atoms with Crippen LogP contribution in [-0.4, -0.2) is 29.6 Å². The highest BCUT2D eigenvalue weighted by Gasteiger charge is 2.26. The van der Waals surface area contributed by atoms with Crippen LogP contribution < -0.4 is 10.3 Å². The number of nitro groups is 2. The van der Waals surface area contributed by atoms with E-state index in [0.29, 0.717) is 12.3 Å². The van der Waals surface area contributed by atoms with Crippen molar-refractivity contribution >= 4 is 11.4 Å². The van der Waals surface area contributed by atoms with Gasteiger partial charge in [-0.3, -0.25) is 20.2 Å². The van der Waals surface area contributed by atoms with Crippen molar-refractivity contribution in [3.63, 3.8) is 0 Å². The standard InChI is InChI=1S/C26H39N4O5/c27-17-9-7-5-3-1-2-4-6-8-10-19-35-20-12-14-23-13-11-18-28(22-23)25-16-15-24(29(31)32)21-26(25)30(33)34/h11,13,15-16,18,21-22H,1-10,12,14,17,19-20,27H2/q+1. The zero-order chi connectivity index (χ0) is 25.3. The van der Waals surface area contributed by atoms with Crippen molar-refractivity contribution in [2.75, 3.05) is 19.8 Å². The third-order valence-corrected chi connectivity index (χ3v) is 6.00. The first-order valence-electron chi connectivity index (χ1n) is 12.7. The summed E-state index contributed by atoms with van der Waals surface area (Å²) in [4.78, 5) is 21.2. The highest BCUT2D eigenvalue weighted by atomic mass is 16.6. The minimum Gasteiger partial charge on any atom is -0.381 e. The predicted octanol–water partition coefficient (Wildman–Crippen LogP) is 5.59. The van der Waals surface area contributed by atoms with Gasteiger partial charge in [-0.1, -0.05) is 51.4 Å². The molecule has 0 saturated carbocycles. The van der Waals surface area contributed by atoms with E-state index in [1.807, 2.05) is 18.3 Å². The lowest BCUT2D eigenvalue weighted by atomic mass is 10.1. The van der Waals surface area contributed by atoms with Crippen LogP contribution in [0.4, 0.5) is 11.4 Å². The molecule has 0 amide bonds. The maximum absolute atomic E-state index is 11.4. The number of hydrogen-bond acceptors (Lipinski definition) is 6. The molecule has 2 rings (SSSR count). The van der Waals surface area contributed by atoms with Crippen molar-refractivity contribution < 1.29 is 19.2 Å². The Morgan fingerprint density at radius 1 is 0.800 bits per heavy atom. The quantitative estimate of drug-likeness (QED) is 0.119. The second-order valence-electron chi connectivity index (χ2n) is 8.85. The average Bonchev–Trinajstić information content (AvgIpc) is 2.86. The molecule has 1 aromatic heterocycles. The number of non-ortho nitro benzene ring substituents is 1. The van der Waals surface area contributed by atoms with Gasteiger partial charge < -0.3 is 10.5 Å². The van der Waals surface area contributed by atoms with E-state index in [1.165, 1.54) is 63.5 Å². The molecule has 0 atom stereocenters. The molecule has 0 aliphatic heterocycles. The van der Waals surface area contributed by atoms with Crippen LogP contribution in [0.15, 0.2) is 42.7 Å². The number of aryl methyl sites for hydroxylation is 1. The highest BCUT2D eigenvalue weighted by molar-refractivity contribution is 5.53. The van der Waals surface area contributed by atoms with Gasteiger partial charge in [0.05, 0.1) is 9.85 Å². The first-order chi connectivity index (χ1) is 17.0. The molecule has 9 nitrogen and oxygen atoms in total. The minimum atomic E-state index is -0.634. The van der Waals surface area contributed by atoms with Gasteiger partial charge in [-0.05, 0) is 38.3 Å². The molecular weight excluding hydrogens is 448 g/mol. The van der Waals surface area contributed by atoms with E-state index in [1.54, 1.807) is 10.8 Å². The number of aromatic nitrogens is 1. The molecule has 0 saturated heterocycles. The third-order valence-electron chi connectivity index (χ3n) is 6.00. The summed E-state index contributed by atoms with van der Waals surface area (Å²) in [6, 6.07) is 7.47. The molecule has 9 heteroatoms. The highest BCUT2D eigenvalue weighted by Crippen LogP contribution is 2.24. The Hall–Kier alpha value is -2.91. The Kier molecular flexibility index (Phi) is 13.5. The van der Waals surface area contributed by atoms with Gasteiger partial charge in [-0.25, -0.2) is 0 Å². The number of rotatable bonds is 19. The Morgan fingerprint density at radius 2 is 1.43 bits per heavy atom. The van der Waals surface area contributed by atoms with Crippen LogP contribution in [0.5, 0.6) is 0 Å². The van der Waals surface area contributed by atoms with Gasteiger partial charge in [-0.15, -0.1) is 0 Å². The number of nitro benzene ring substituents is 2. The number of pyridine rings is 1. The van der Waals surface area contributed by atoms with E-state index in [0.717, 1.165) is 50.5 Å². The SMILES string of the molecule is NCCCCCCCCCCCCOCCCc1ccc[n+](-c2ccc([N+](=O)[O-])cc2[N+](=O)[O-])c1. The molecule has 0 fully saturated rings. The molecular formula is C26H39N4O5+. The summed E-state index contributed by atoms with van der Waals surface area (Å²) >= 11 is 0. The lowest BCUT2D eigenvalue weighted by Crippen LogP contribution is -2.31. The largest absolute Gasteiger partial charge is 0.381 e. The Morgan fingerprint density at radius 3 is 2.06 bits per heavy atom. The van der Waals surface area contributed by atoms with E-state index >= 15 is 0 Å². The molecule has 2 aromatic rings. The fourth-order valence-electron chi connectivity index (χ4n) is 4.05. The summed E-state index contributed by atoms with van der Waals surface area (Å²) in [5, 5.41) is 22.4. The van der Waals surface area contributed by atoms with E-state index in [2.05, 4.69) is 0 Å². The Balaban J connectivity index is 1.64. The van der Waals surface area contributed by atoms with E-state index < -0.39 is 9.85 Å². The zero-order valence-corrected chi connectivity index (χ0v) is 20.6. The van der Waals surface area contributed by atoms with E-state index in [-0.39, 0.29) is 11.4 Å². The molecule has 0 radical (unpaired) electrons. The molecule has 0 aliphatic carbocycles. The van der Waals surface area contributed by atoms with Crippen LogP contribution in [-0.2, 0) is 11.2 Å². The summed E-state index contributed by atoms with van der Waals surface area (Å²) in [5.41, 5.74) is 6.22. The normalized spacial score (nSPS) is 11.0. The molecule has 0 aliphatic rings. The van der Waals surface area contributed by atoms with Gasteiger partial charge in [0.15, 0.2) is 12.4 Å². The number of benzene rings is 1. The van der Waals surface area contributed by atoms with Gasteiger partial charge in [0.1, 0.15) is 6.07 Å². The number of unbranched alkanes of at least 4 members (excludes halogenated alkanes) is 9.